The molecule has 0 saturated carbocycles. The molecule has 3 rings (SSSR count). The van der Waals surface area contributed by atoms with Gasteiger partial charge in [0.25, 0.3) is 5.91 Å². The van der Waals surface area contributed by atoms with Crippen LogP contribution in [-0.2, 0) is 11.0 Å². The molecule has 3 aromatic rings. The van der Waals surface area contributed by atoms with Crippen molar-refractivity contribution in [3.05, 3.63) is 69.7 Å². The maximum absolute atomic E-state index is 14.6. The second-order valence-corrected chi connectivity index (χ2v) is 7.68. The smallest absolute Gasteiger partial charge is 0.416 e. The van der Waals surface area contributed by atoms with Crippen LogP contribution in [0.4, 0.5) is 22.0 Å². The highest BCUT2D eigenvalue weighted by Crippen LogP contribution is 2.36. The fraction of sp³-hybridized carbons (Fsp3) is 0.190. The van der Waals surface area contributed by atoms with Crippen LogP contribution < -0.4 is 16.2 Å². The number of amides is 2. The van der Waals surface area contributed by atoms with E-state index in [-0.39, 0.29) is 34.7 Å². The van der Waals surface area contributed by atoms with Crippen molar-refractivity contribution < 1.29 is 40.7 Å². The van der Waals surface area contributed by atoms with Crippen LogP contribution in [0.2, 0.25) is 0 Å². The van der Waals surface area contributed by atoms with Gasteiger partial charge in [0.1, 0.15) is 17.1 Å². The number of halogens is 6. The van der Waals surface area contributed by atoms with E-state index in [0.29, 0.717) is 0 Å². The largest absolute Gasteiger partial charge is 0.478 e. The minimum atomic E-state index is -4.53. The molecule has 0 aliphatic carbocycles. The molecule has 0 saturated heterocycles. The van der Waals surface area contributed by atoms with E-state index < -0.39 is 52.6 Å². The standard InChI is InChI=1S/C21H15BrF5N3O4/c22-18-17(9-1-3-10(4-2-9)21(25,26)27)30-20(34-18)13(7-8-14(28)31)33-12-6-5-11(23)15(16(12)24)19(29)32/h1-6,13H,7-8H2,(H2,28,31)(H2,29,32). The summed E-state index contributed by atoms with van der Waals surface area (Å²) in [4.78, 5) is 26.8. The van der Waals surface area contributed by atoms with Crippen LogP contribution in [0.25, 0.3) is 11.3 Å². The molecule has 13 heteroatoms. The molecule has 180 valence electrons. The second-order valence-electron chi connectivity index (χ2n) is 6.96. The first kappa shape index (κ1) is 25.1. The fourth-order valence-corrected chi connectivity index (χ4v) is 3.44. The van der Waals surface area contributed by atoms with Crippen molar-refractivity contribution in [3.8, 4) is 17.0 Å². The molecule has 0 spiro atoms. The van der Waals surface area contributed by atoms with E-state index in [1.165, 1.54) is 12.1 Å². The number of aromatic nitrogens is 1. The molecule has 4 N–H and O–H groups in total. The molecule has 1 heterocycles. The van der Waals surface area contributed by atoms with Crippen molar-refractivity contribution in [2.75, 3.05) is 0 Å². The van der Waals surface area contributed by atoms with E-state index in [1.54, 1.807) is 0 Å². The van der Waals surface area contributed by atoms with Crippen LogP contribution in [-0.4, -0.2) is 16.8 Å². The SMILES string of the molecule is NC(=O)CCC(Oc1ccc(F)c(C(N)=O)c1F)c1nc(-c2ccc(C(F)(F)F)cc2)c(Br)o1. The molecule has 0 bridgehead atoms. The van der Waals surface area contributed by atoms with Crippen LogP contribution in [0.15, 0.2) is 45.5 Å². The first-order valence-corrected chi connectivity index (χ1v) is 10.2. The minimum absolute atomic E-state index is 0.0207. The van der Waals surface area contributed by atoms with Gasteiger partial charge in [0.15, 0.2) is 22.3 Å². The number of hydrogen-bond acceptors (Lipinski definition) is 5. The lowest BCUT2D eigenvalue weighted by Gasteiger charge is -2.17. The Bertz CT molecular complexity index is 1230. The third-order valence-electron chi connectivity index (χ3n) is 4.59. The number of nitrogens with two attached hydrogens (primary N) is 2. The Morgan fingerprint density at radius 2 is 1.74 bits per heavy atom. The van der Waals surface area contributed by atoms with Crippen molar-refractivity contribution in [1.82, 2.24) is 4.98 Å². The van der Waals surface area contributed by atoms with Crippen molar-refractivity contribution in [1.29, 1.82) is 0 Å². The van der Waals surface area contributed by atoms with Crippen molar-refractivity contribution >= 4 is 27.7 Å². The molecular weight excluding hydrogens is 533 g/mol. The number of ether oxygens (including phenoxy) is 1. The summed E-state index contributed by atoms with van der Waals surface area (Å²) in [5.41, 5.74) is 8.65. The summed E-state index contributed by atoms with van der Waals surface area (Å²) < 4.78 is 77.9. The number of primary amides is 2. The Kier molecular flexibility index (Phi) is 7.24. The number of rotatable bonds is 8. The predicted molar refractivity (Wildman–Crippen MR) is 111 cm³/mol. The quantitative estimate of drug-likeness (QED) is 0.389. The lowest BCUT2D eigenvalue weighted by Crippen LogP contribution is -2.18. The van der Waals surface area contributed by atoms with E-state index >= 15 is 0 Å². The van der Waals surface area contributed by atoms with Crippen LogP contribution >= 0.6 is 15.9 Å². The number of oxazole rings is 1. The highest BCUT2D eigenvalue weighted by atomic mass is 79.9. The maximum Gasteiger partial charge on any atom is 0.416 e. The van der Waals surface area contributed by atoms with Gasteiger partial charge in [-0.25, -0.2) is 13.8 Å². The molecule has 1 atom stereocenters. The summed E-state index contributed by atoms with van der Waals surface area (Å²) in [5, 5.41) is 0. The highest BCUT2D eigenvalue weighted by Gasteiger charge is 2.31. The molecule has 0 aliphatic heterocycles. The van der Waals surface area contributed by atoms with Gasteiger partial charge in [-0.15, -0.1) is 0 Å². The zero-order valence-corrected chi connectivity index (χ0v) is 18.5. The average Bonchev–Trinajstić information content (AvgIpc) is 3.13. The normalized spacial score (nSPS) is 12.4. The Balaban J connectivity index is 1.97. The van der Waals surface area contributed by atoms with Crippen molar-refractivity contribution in [2.45, 2.75) is 25.1 Å². The molecule has 0 aliphatic rings. The van der Waals surface area contributed by atoms with Crippen molar-refractivity contribution in [3.63, 3.8) is 0 Å². The molecule has 34 heavy (non-hydrogen) atoms. The first-order valence-electron chi connectivity index (χ1n) is 9.45. The van der Waals surface area contributed by atoms with Gasteiger partial charge in [0.05, 0.1) is 5.56 Å². The maximum atomic E-state index is 14.6. The van der Waals surface area contributed by atoms with Crippen LogP contribution in [0.1, 0.15) is 40.8 Å². The topological polar surface area (TPSA) is 121 Å². The van der Waals surface area contributed by atoms with E-state index in [0.717, 1.165) is 24.3 Å². The summed E-state index contributed by atoms with van der Waals surface area (Å²) in [7, 11) is 0. The third kappa shape index (κ3) is 5.53. The van der Waals surface area contributed by atoms with Crippen LogP contribution in [0.5, 0.6) is 5.75 Å². The molecule has 1 aromatic heterocycles. The number of alkyl halides is 3. The number of carbonyl (C=O) groups excluding carboxylic acids is 2. The lowest BCUT2D eigenvalue weighted by molar-refractivity contribution is -0.137. The monoisotopic (exact) mass is 547 g/mol. The Labute approximate surface area is 197 Å². The lowest BCUT2D eigenvalue weighted by atomic mass is 10.1. The zero-order valence-electron chi connectivity index (χ0n) is 17.0. The van der Waals surface area contributed by atoms with E-state index in [9.17, 15) is 31.5 Å². The van der Waals surface area contributed by atoms with Crippen molar-refractivity contribution in [2.24, 2.45) is 11.5 Å². The average molecular weight is 548 g/mol. The molecular formula is C21H15BrF5N3O4. The van der Waals surface area contributed by atoms with Gasteiger partial charge in [-0.05, 0) is 40.2 Å². The van der Waals surface area contributed by atoms with Gasteiger partial charge in [-0.1, -0.05) is 12.1 Å². The van der Waals surface area contributed by atoms with Crippen LogP contribution in [0.3, 0.4) is 0 Å². The number of hydrogen-bond donors (Lipinski definition) is 2. The molecule has 7 nitrogen and oxygen atoms in total. The zero-order chi connectivity index (χ0) is 25.2. The third-order valence-corrected chi connectivity index (χ3v) is 5.13. The minimum Gasteiger partial charge on any atom is -0.478 e. The molecule has 0 radical (unpaired) electrons. The number of nitrogens with zero attached hydrogens (tertiary/aromatic N) is 1. The Morgan fingerprint density at radius 1 is 1.09 bits per heavy atom. The molecule has 1 unspecified atom stereocenters. The summed E-state index contributed by atoms with van der Waals surface area (Å²) in [6.07, 6.45) is -6.17. The first-order chi connectivity index (χ1) is 15.9. The summed E-state index contributed by atoms with van der Waals surface area (Å²) in [6, 6.07) is 5.74. The van der Waals surface area contributed by atoms with E-state index in [2.05, 4.69) is 20.9 Å². The Morgan fingerprint density at radius 3 is 2.29 bits per heavy atom. The van der Waals surface area contributed by atoms with E-state index in [1.807, 2.05) is 0 Å². The second kappa shape index (κ2) is 9.79. The highest BCUT2D eigenvalue weighted by molar-refractivity contribution is 9.10. The van der Waals surface area contributed by atoms with E-state index in [4.69, 9.17) is 20.6 Å². The van der Waals surface area contributed by atoms with Gasteiger partial charge in [0, 0.05) is 18.4 Å². The Hall–Kier alpha value is -3.48. The summed E-state index contributed by atoms with van der Waals surface area (Å²) in [6.45, 7) is 0. The van der Waals surface area contributed by atoms with Gasteiger partial charge in [-0.2, -0.15) is 13.2 Å². The summed E-state index contributed by atoms with van der Waals surface area (Å²) in [5.74, 6) is -5.42. The number of carbonyl (C=O) groups is 2. The van der Waals surface area contributed by atoms with Crippen LogP contribution in [0, 0.1) is 11.6 Å². The fourth-order valence-electron chi connectivity index (χ4n) is 2.96. The molecule has 0 fully saturated rings. The van der Waals surface area contributed by atoms with Gasteiger partial charge in [-0.3, -0.25) is 9.59 Å². The number of benzene rings is 2. The van der Waals surface area contributed by atoms with Gasteiger partial charge >= 0.3 is 6.18 Å². The van der Waals surface area contributed by atoms with Gasteiger partial charge < -0.3 is 20.6 Å². The predicted octanol–water partition coefficient (Wildman–Crippen LogP) is 4.89. The molecule has 2 amide bonds. The van der Waals surface area contributed by atoms with Gasteiger partial charge in [0.2, 0.25) is 11.8 Å². The molecule has 2 aromatic carbocycles. The summed E-state index contributed by atoms with van der Waals surface area (Å²) >= 11 is 3.12.